The molecule has 1 saturated carbocycles. The number of hydrogen-bond donors (Lipinski definition) is 2. The SMILES string of the molecule is CN=C(NCCCN1CCCN(C)CC1)NCC1CC1.I. The average Bonchev–Trinajstić information content (AvgIpc) is 3.27. The molecule has 0 spiro atoms. The van der Waals surface area contributed by atoms with Crippen LogP contribution in [0, 0.1) is 5.92 Å². The molecule has 0 aromatic heterocycles. The Balaban J connectivity index is 0.00000220. The van der Waals surface area contributed by atoms with Gasteiger partial charge in [0.15, 0.2) is 5.96 Å². The summed E-state index contributed by atoms with van der Waals surface area (Å²) in [4.78, 5) is 9.29. The Bertz CT molecular complexity index is 306. The molecular weight excluding hydrogens is 377 g/mol. The summed E-state index contributed by atoms with van der Waals surface area (Å²) in [6.45, 7) is 8.20. The van der Waals surface area contributed by atoms with Crippen molar-refractivity contribution < 1.29 is 0 Å². The van der Waals surface area contributed by atoms with Crippen molar-refractivity contribution in [3.05, 3.63) is 0 Å². The lowest BCUT2D eigenvalue weighted by Crippen LogP contribution is -2.39. The Kier molecular flexibility index (Phi) is 9.59. The van der Waals surface area contributed by atoms with E-state index in [1.54, 1.807) is 0 Å². The smallest absolute Gasteiger partial charge is 0.190 e. The van der Waals surface area contributed by atoms with Crippen LogP contribution in [0.1, 0.15) is 25.7 Å². The highest BCUT2D eigenvalue weighted by atomic mass is 127. The van der Waals surface area contributed by atoms with Gasteiger partial charge >= 0.3 is 0 Å². The first-order valence-electron chi connectivity index (χ1n) is 8.13. The van der Waals surface area contributed by atoms with Gasteiger partial charge in [0.1, 0.15) is 0 Å². The first-order valence-corrected chi connectivity index (χ1v) is 8.13. The Hall–Kier alpha value is -0.0800. The van der Waals surface area contributed by atoms with E-state index in [0.717, 1.165) is 25.0 Å². The highest BCUT2D eigenvalue weighted by Gasteiger charge is 2.21. The molecule has 5 nitrogen and oxygen atoms in total. The minimum Gasteiger partial charge on any atom is -0.356 e. The predicted octanol–water partition coefficient (Wildman–Crippen LogP) is 1.21. The van der Waals surface area contributed by atoms with E-state index in [2.05, 4.69) is 32.5 Å². The molecule has 1 heterocycles. The van der Waals surface area contributed by atoms with Crippen LogP contribution in [0.2, 0.25) is 0 Å². The number of nitrogens with zero attached hydrogens (tertiary/aromatic N) is 3. The third-order valence-corrected chi connectivity index (χ3v) is 4.23. The summed E-state index contributed by atoms with van der Waals surface area (Å²) in [6.07, 6.45) is 5.25. The molecule has 1 saturated heterocycles. The molecule has 6 heteroatoms. The van der Waals surface area contributed by atoms with Gasteiger partial charge in [0.25, 0.3) is 0 Å². The van der Waals surface area contributed by atoms with Crippen molar-refractivity contribution in [1.29, 1.82) is 0 Å². The van der Waals surface area contributed by atoms with Gasteiger partial charge in [-0.05, 0) is 58.3 Å². The summed E-state index contributed by atoms with van der Waals surface area (Å²) in [7, 11) is 4.08. The predicted molar refractivity (Wildman–Crippen MR) is 101 cm³/mol. The molecule has 0 amide bonds. The van der Waals surface area contributed by atoms with Gasteiger partial charge in [0, 0.05) is 33.2 Å². The fourth-order valence-electron chi connectivity index (χ4n) is 2.62. The van der Waals surface area contributed by atoms with Gasteiger partial charge in [-0.3, -0.25) is 4.99 Å². The number of rotatable bonds is 6. The summed E-state index contributed by atoms with van der Waals surface area (Å²) in [5.74, 6) is 1.86. The van der Waals surface area contributed by atoms with E-state index < -0.39 is 0 Å². The van der Waals surface area contributed by atoms with E-state index in [9.17, 15) is 0 Å². The molecule has 1 aliphatic carbocycles. The minimum atomic E-state index is 0. The summed E-state index contributed by atoms with van der Waals surface area (Å²) < 4.78 is 0. The van der Waals surface area contributed by atoms with E-state index >= 15 is 0 Å². The molecular formula is C15H32IN5. The maximum atomic E-state index is 4.27. The van der Waals surface area contributed by atoms with Crippen LogP contribution in [-0.2, 0) is 0 Å². The standard InChI is InChI=1S/C15H31N5.HI/c1-16-15(18-13-14-5-6-14)17-7-3-9-20-10-4-8-19(2)11-12-20;/h14H,3-13H2,1-2H3,(H2,16,17,18);1H. The van der Waals surface area contributed by atoms with Crippen molar-refractivity contribution in [1.82, 2.24) is 20.4 Å². The second-order valence-electron chi connectivity index (χ2n) is 6.18. The van der Waals surface area contributed by atoms with Crippen LogP contribution in [0.4, 0.5) is 0 Å². The summed E-state index contributed by atoms with van der Waals surface area (Å²) >= 11 is 0. The van der Waals surface area contributed by atoms with Crippen LogP contribution < -0.4 is 10.6 Å². The molecule has 2 aliphatic rings. The maximum absolute atomic E-state index is 4.27. The highest BCUT2D eigenvalue weighted by Crippen LogP contribution is 2.27. The van der Waals surface area contributed by atoms with Gasteiger partial charge in [0.05, 0.1) is 0 Å². The van der Waals surface area contributed by atoms with E-state index in [-0.39, 0.29) is 24.0 Å². The van der Waals surface area contributed by atoms with Gasteiger partial charge in [0.2, 0.25) is 0 Å². The van der Waals surface area contributed by atoms with Gasteiger partial charge in [-0.2, -0.15) is 0 Å². The third kappa shape index (κ3) is 8.21. The van der Waals surface area contributed by atoms with Crippen LogP contribution in [0.15, 0.2) is 4.99 Å². The Morgan fingerprint density at radius 2 is 1.95 bits per heavy atom. The fraction of sp³-hybridized carbons (Fsp3) is 0.933. The van der Waals surface area contributed by atoms with Crippen molar-refractivity contribution in [2.24, 2.45) is 10.9 Å². The van der Waals surface area contributed by atoms with Crippen molar-refractivity contribution in [2.75, 3.05) is 59.9 Å². The summed E-state index contributed by atoms with van der Waals surface area (Å²) in [5.41, 5.74) is 0. The summed E-state index contributed by atoms with van der Waals surface area (Å²) in [6, 6.07) is 0. The number of nitrogens with one attached hydrogen (secondary N) is 2. The second kappa shape index (κ2) is 10.6. The van der Waals surface area contributed by atoms with Crippen molar-refractivity contribution in [3.8, 4) is 0 Å². The number of likely N-dealkylation sites (N-methyl/N-ethyl adjacent to an activating group) is 1. The van der Waals surface area contributed by atoms with Crippen molar-refractivity contribution in [2.45, 2.75) is 25.7 Å². The molecule has 0 radical (unpaired) electrons. The zero-order valence-electron chi connectivity index (χ0n) is 13.6. The lowest BCUT2D eigenvalue weighted by molar-refractivity contribution is 0.274. The minimum absolute atomic E-state index is 0. The Morgan fingerprint density at radius 1 is 1.14 bits per heavy atom. The van der Waals surface area contributed by atoms with Gasteiger partial charge in [-0.1, -0.05) is 0 Å². The summed E-state index contributed by atoms with van der Waals surface area (Å²) in [5, 5.41) is 6.82. The lowest BCUT2D eigenvalue weighted by Gasteiger charge is -2.20. The molecule has 1 aliphatic heterocycles. The van der Waals surface area contributed by atoms with Crippen LogP contribution in [0.25, 0.3) is 0 Å². The molecule has 21 heavy (non-hydrogen) atoms. The van der Waals surface area contributed by atoms with E-state index in [1.165, 1.54) is 58.4 Å². The monoisotopic (exact) mass is 409 g/mol. The van der Waals surface area contributed by atoms with Gasteiger partial charge < -0.3 is 20.4 Å². The topological polar surface area (TPSA) is 42.9 Å². The zero-order chi connectivity index (χ0) is 14.2. The molecule has 0 atom stereocenters. The molecule has 0 unspecified atom stereocenters. The zero-order valence-corrected chi connectivity index (χ0v) is 15.9. The van der Waals surface area contributed by atoms with Crippen molar-refractivity contribution >= 4 is 29.9 Å². The maximum Gasteiger partial charge on any atom is 0.190 e. The van der Waals surface area contributed by atoms with Gasteiger partial charge in [-0.25, -0.2) is 0 Å². The van der Waals surface area contributed by atoms with Crippen molar-refractivity contribution in [3.63, 3.8) is 0 Å². The third-order valence-electron chi connectivity index (χ3n) is 4.23. The van der Waals surface area contributed by atoms with Crippen LogP contribution in [-0.4, -0.2) is 75.7 Å². The highest BCUT2D eigenvalue weighted by molar-refractivity contribution is 14.0. The molecule has 0 aromatic rings. The molecule has 2 N–H and O–H groups in total. The number of aliphatic imine (C=N–C) groups is 1. The second-order valence-corrected chi connectivity index (χ2v) is 6.18. The molecule has 0 bridgehead atoms. The van der Waals surface area contributed by atoms with Crippen LogP contribution >= 0.6 is 24.0 Å². The quantitative estimate of drug-likeness (QED) is 0.300. The Morgan fingerprint density at radius 3 is 2.67 bits per heavy atom. The number of guanidine groups is 1. The van der Waals surface area contributed by atoms with Crippen LogP contribution in [0.5, 0.6) is 0 Å². The largest absolute Gasteiger partial charge is 0.356 e. The molecule has 2 fully saturated rings. The molecule has 2 rings (SSSR count). The normalized spacial score (nSPS) is 21.5. The first-order chi connectivity index (χ1) is 9.78. The molecule has 0 aromatic carbocycles. The number of hydrogen-bond acceptors (Lipinski definition) is 3. The van der Waals surface area contributed by atoms with Crippen LogP contribution in [0.3, 0.4) is 0 Å². The first kappa shape index (κ1) is 19.0. The molecule has 124 valence electrons. The average molecular weight is 409 g/mol. The van der Waals surface area contributed by atoms with E-state index in [1.807, 2.05) is 7.05 Å². The lowest BCUT2D eigenvalue weighted by atomic mass is 10.3. The fourth-order valence-corrected chi connectivity index (χ4v) is 2.62. The number of halogens is 1. The van der Waals surface area contributed by atoms with E-state index in [4.69, 9.17) is 0 Å². The van der Waals surface area contributed by atoms with Gasteiger partial charge in [-0.15, -0.1) is 24.0 Å². The Labute approximate surface area is 146 Å². The van der Waals surface area contributed by atoms with E-state index in [0.29, 0.717) is 0 Å².